The van der Waals surface area contributed by atoms with Crippen LogP contribution in [0.5, 0.6) is 0 Å². The van der Waals surface area contributed by atoms with Gasteiger partial charge in [0, 0.05) is 39.3 Å². The van der Waals surface area contributed by atoms with Crippen molar-refractivity contribution in [3.05, 3.63) is 41.1 Å². The first-order valence-corrected chi connectivity index (χ1v) is 8.63. The molecule has 1 fully saturated rings. The fourth-order valence-electron chi connectivity index (χ4n) is 3.32. The first-order valence-electron chi connectivity index (χ1n) is 8.63. The summed E-state index contributed by atoms with van der Waals surface area (Å²) < 4.78 is 12.2. The van der Waals surface area contributed by atoms with Crippen LogP contribution in [0.3, 0.4) is 0 Å². The van der Waals surface area contributed by atoms with Crippen molar-refractivity contribution in [3.63, 3.8) is 0 Å². The smallest absolute Gasteiger partial charge is 0.341 e. The van der Waals surface area contributed by atoms with Crippen LogP contribution in [-0.2, 0) is 18.3 Å². The highest BCUT2D eigenvalue weighted by Crippen LogP contribution is 2.26. The van der Waals surface area contributed by atoms with E-state index in [0.29, 0.717) is 29.5 Å². The Hall–Kier alpha value is -2.04. The SMILES string of the molecule is CN=C(NCc1cc(C(=O)OC)c(C)o1)N1CCC(c2cnn(C)c2)C1.I. The molecule has 3 rings (SSSR count). The molecule has 0 bridgehead atoms. The molecule has 0 spiro atoms. The molecule has 0 aromatic carbocycles. The number of likely N-dealkylation sites (tertiary alicyclic amines) is 1. The third-order valence-electron chi connectivity index (χ3n) is 4.69. The molecule has 1 aliphatic rings. The Kier molecular flexibility index (Phi) is 7.28. The molecule has 0 saturated carbocycles. The standard InChI is InChI=1S/C18H25N5O3.HI/c1-12-16(17(24)25-4)7-15(26-12)9-20-18(19-2)23-6-5-13(11-23)14-8-21-22(3)10-14;/h7-8,10,13H,5-6,9,11H2,1-4H3,(H,19,20);1H. The maximum atomic E-state index is 11.7. The zero-order valence-electron chi connectivity index (χ0n) is 16.1. The molecule has 1 aliphatic heterocycles. The fourth-order valence-corrected chi connectivity index (χ4v) is 3.32. The highest BCUT2D eigenvalue weighted by molar-refractivity contribution is 14.0. The number of methoxy groups -OCH3 is 1. The minimum atomic E-state index is -0.388. The van der Waals surface area contributed by atoms with Crippen LogP contribution < -0.4 is 5.32 Å². The fraction of sp³-hybridized carbons (Fsp3) is 0.500. The van der Waals surface area contributed by atoms with Crippen LogP contribution >= 0.6 is 24.0 Å². The highest BCUT2D eigenvalue weighted by Gasteiger charge is 2.27. The number of hydrogen-bond donors (Lipinski definition) is 1. The number of aromatic nitrogens is 2. The van der Waals surface area contributed by atoms with Crippen LogP contribution in [0.25, 0.3) is 0 Å². The lowest BCUT2D eigenvalue weighted by Gasteiger charge is -2.21. The molecule has 0 radical (unpaired) electrons. The Bertz CT molecular complexity index is 814. The summed E-state index contributed by atoms with van der Waals surface area (Å²) in [4.78, 5) is 18.3. The Balaban J connectivity index is 0.00000261. The van der Waals surface area contributed by atoms with E-state index in [1.54, 1.807) is 20.0 Å². The van der Waals surface area contributed by atoms with Gasteiger partial charge in [-0.2, -0.15) is 5.10 Å². The first-order chi connectivity index (χ1) is 12.5. The lowest BCUT2D eigenvalue weighted by Crippen LogP contribution is -2.39. The molecule has 8 nitrogen and oxygen atoms in total. The lowest BCUT2D eigenvalue weighted by molar-refractivity contribution is 0.0599. The molecule has 3 heterocycles. The van der Waals surface area contributed by atoms with E-state index in [1.807, 2.05) is 17.9 Å². The minimum Gasteiger partial charge on any atom is -0.465 e. The van der Waals surface area contributed by atoms with E-state index in [-0.39, 0.29) is 29.9 Å². The number of guanidine groups is 1. The number of carbonyl (C=O) groups excluding carboxylic acids is 1. The molecule has 1 N–H and O–H groups in total. The van der Waals surface area contributed by atoms with Crippen LogP contribution in [0.15, 0.2) is 27.9 Å². The highest BCUT2D eigenvalue weighted by atomic mass is 127. The monoisotopic (exact) mass is 487 g/mol. The van der Waals surface area contributed by atoms with E-state index < -0.39 is 0 Å². The van der Waals surface area contributed by atoms with Crippen molar-refractivity contribution in [2.75, 3.05) is 27.2 Å². The van der Waals surface area contributed by atoms with Crippen molar-refractivity contribution in [2.45, 2.75) is 25.8 Å². The van der Waals surface area contributed by atoms with Gasteiger partial charge in [-0.1, -0.05) is 0 Å². The summed E-state index contributed by atoms with van der Waals surface area (Å²) in [5, 5.41) is 7.57. The predicted octanol–water partition coefficient (Wildman–Crippen LogP) is 2.29. The van der Waals surface area contributed by atoms with Gasteiger partial charge in [-0.3, -0.25) is 9.67 Å². The molecule has 2 aromatic heterocycles. The molecular formula is C18H26IN5O3. The topological polar surface area (TPSA) is 84.9 Å². The van der Waals surface area contributed by atoms with E-state index in [0.717, 1.165) is 25.5 Å². The molecule has 0 amide bonds. The molecule has 1 atom stereocenters. The molecule has 148 valence electrons. The number of rotatable bonds is 4. The summed E-state index contributed by atoms with van der Waals surface area (Å²) in [7, 11) is 5.07. The molecular weight excluding hydrogens is 461 g/mol. The Morgan fingerprint density at radius 2 is 2.30 bits per heavy atom. The van der Waals surface area contributed by atoms with E-state index in [4.69, 9.17) is 9.15 Å². The van der Waals surface area contributed by atoms with Crippen molar-refractivity contribution in [2.24, 2.45) is 12.0 Å². The number of nitrogens with one attached hydrogen (secondary N) is 1. The Morgan fingerprint density at radius 3 is 2.93 bits per heavy atom. The normalized spacial score (nSPS) is 17.0. The van der Waals surface area contributed by atoms with Crippen LogP contribution in [0.2, 0.25) is 0 Å². The molecule has 2 aromatic rings. The lowest BCUT2D eigenvalue weighted by atomic mass is 10.0. The number of carbonyl (C=O) groups is 1. The van der Waals surface area contributed by atoms with Crippen LogP contribution in [0.4, 0.5) is 0 Å². The number of halogens is 1. The molecule has 27 heavy (non-hydrogen) atoms. The van der Waals surface area contributed by atoms with Gasteiger partial charge >= 0.3 is 5.97 Å². The van der Waals surface area contributed by atoms with Gasteiger partial charge in [0.15, 0.2) is 5.96 Å². The number of hydrogen-bond acceptors (Lipinski definition) is 5. The second-order valence-electron chi connectivity index (χ2n) is 6.45. The number of esters is 1. The molecule has 1 saturated heterocycles. The van der Waals surface area contributed by atoms with Crippen LogP contribution in [0, 0.1) is 6.92 Å². The summed E-state index contributed by atoms with van der Waals surface area (Å²) in [6.45, 7) is 4.04. The number of ether oxygens (including phenoxy) is 1. The van der Waals surface area contributed by atoms with Gasteiger partial charge in [-0.15, -0.1) is 24.0 Å². The predicted molar refractivity (Wildman–Crippen MR) is 113 cm³/mol. The number of nitrogens with zero attached hydrogens (tertiary/aromatic N) is 4. The zero-order valence-corrected chi connectivity index (χ0v) is 18.4. The first kappa shape index (κ1) is 21.3. The van der Waals surface area contributed by atoms with E-state index in [2.05, 4.69) is 26.5 Å². The van der Waals surface area contributed by atoms with Crippen molar-refractivity contribution >= 4 is 35.9 Å². The quantitative estimate of drug-likeness (QED) is 0.309. The maximum Gasteiger partial charge on any atom is 0.341 e. The summed E-state index contributed by atoms with van der Waals surface area (Å²) >= 11 is 0. The number of furan rings is 1. The summed E-state index contributed by atoms with van der Waals surface area (Å²) in [6, 6.07) is 1.71. The Labute approximate surface area is 176 Å². The van der Waals surface area contributed by atoms with Crippen molar-refractivity contribution in [1.29, 1.82) is 0 Å². The zero-order chi connectivity index (χ0) is 18.7. The van der Waals surface area contributed by atoms with Gasteiger partial charge in [0.1, 0.15) is 17.1 Å². The third kappa shape index (κ3) is 4.82. The van der Waals surface area contributed by atoms with Crippen LogP contribution in [-0.4, -0.2) is 53.9 Å². The van der Waals surface area contributed by atoms with Crippen LogP contribution in [0.1, 0.15) is 39.8 Å². The minimum absolute atomic E-state index is 0. The van der Waals surface area contributed by atoms with E-state index in [1.165, 1.54) is 12.7 Å². The number of aryl methyl sites for hydroxylation is 2. The second kappa shape index (κ2) is 9.25. The van der Waals surface area contributed by atoms with Gasteiger partial charge in [0.25, 0.3) is 0 Å². The number of aliphatic imine (C=N–C) groups is 1. The Morgan fingerprint density at radius 1 is 1.52 bits per heavy atom. The average Bonchev–Trinajstić information content (AvgIpc) is 3.35. The largest absolute Gasteiger partial charge is 0.465 e. The summed E-state index contributed by atoms with van der Waals surface area (Å²) in [5.74, 6) is 2.12. The average molecular weight is 487 g/mol. The van der Waals surface area contributed by atoms with Gasteiger partial charge in [-0.25, -0.2) is 4.79 Å². The summed E-state index contributed by atoms with van der Waals surface area (Å²) in [5.41, 5.74) is 1.71. The molecule has 9 heteroatoms. The summed E-state index contributed by atoms with van der Waals surface area (Å²) in [6.07, 6.45) is 5.08. The van der Waals surface area contributed by atoms with Gasteiger partial charge < -0.3 is 19.4 Å². The van der Waals surface area contributed by atoms with E-state index in [9.17, 15) is 4.79 Å². The van der Waals surface area contributed by atoms with Crippen molar-refractivity contribution < 1.29 is 13.9 Å². The molecule has 0 aliphatic carbocycles. The van der Waals surface area contributed by atoms with Gasteiger partial charge in [0.05, 0.1) is 19.9 Å². The van der Waals surface area contributed by atoms with Crippen molar-refractivity contribution in [1.82, 2.24) is 20.0 Å². The van der Waals surface area contributed by atoms with Gasteiger partial charge in [-0.05, 0) is 25.0 Å². The molecule has 1 unspecified atom stereocenters. The third-order valence-corrected chi connectivity index (χ3v) is 4.69. The van der Waals surface area contributed by atoms with Crippen molar-refractivity contribution in [3.8, 4) is 0 Å². The van der Waals surface area contributed by atoms with E-state index >= 15 is 0 Å². The second-order valence-corrected chi connectivity index (χ2v) is 6.45. The van der Waals surface area contributed by atoms with Gasteiger partial charge in [0.2, 0.25) is 0 Å². The maximum absolute atomic E-state index is 11.7.